The van der Waals surface area contributed by atoms with Gasteiger partial charge in [0.25, 0.3) is 5.56 Å². The van der Waals surface area contributed by atoms with Crippen molar-refractivity contribution in [2.24, 2.45) is 14.1 Å². The van der Waals surface area contributed by atoms with Gasteiger partial charge in [-0.15, -0.1) is 0 Å². The van der Waals surface area contributed by atoms with E-state index in [1.54, 1.807) is 14.0 Å². The van der Waals surface area contributed by atoms with E-state index >= 15 is 0 Å². The molecule has 0 aliphatic carbocycles. The van der Waals surface area contributed by atoms with E-state index in [1.165, 1.54) is 17.7 Å². The van der Waals surface area contributed by atoms with Crippen molar-refractivity contribution in [3.63, 3.8) is 0 Å². The van der Waals surface area contributed by atoms with E-state index in [-0.39, 0.29) is 17.0 Å². The predicted octanol–water partition coefficient (Wildman–Crippen LogP) is 1.13. The first-order valence-electron chi connectivity index (χ1n) is 9.42. The minimum absolute atomic E-state index is 0.0410. The van der Waals surface area contributed by atoms with Gasteiger partial charge in [-0.3, -0.25) is 18.7 Å². The summed E-state index contributed by atoms with van der Waals surface area (Å²) in [5.41, 5.74) is 0.861. The van der Waals surface area contributed by atoms with Gasteiger partial charge >= 0.3 is 5.69 Å². The fraction of sp³-hybridized carbons (Fsp3) is 0.450. The number of benzene rings is 1. The minimum atomic E-state index is -0.351. The van der Waals surface area contributed by atoms with E-state index in [4.69, 9.17) is 0 Å². The van der Waals surface area contributed by atoms with Gasteiger partial charge in [0, 0.05) is 57.6 Å². The van der Waals surface area contributed by atoms with Gasteiger partial charge < -0.3 is 15.5 Å². The van der Waals surface area contributed by atoms with Crippen LogP contribution < -0.4 is 21.9 Å². The second kappa shape index (κ2) is 9.89. The van der Waals surface area contributed by atoms with Crippen molar-refractivity contribution in [3.8, 4) is 0 Å². The molecule has 0 aliphatic rings. The monoisotopic (exact) mass is 387 g/mol. The molecule has 28 heavy (non-hydrogen) atoms. The number of rotatable bonds is 10. The molecule has 2 aromatic rings. The second-order valence-electron chi connectivity index (χ2n) is 6.66. The number of likely N-dealkylation sites (N-methyl/N-ethyl adjacent to an activating group) is 1. The van der Waals surface area contributed by atoms with Crippen LogP contribution in [-0.2, 0) is 14.1 Å². The molecular weight excluding hydrogens is 358 g/mol. The van der Waals surface area contributed by atoms with Crippen LogP contribution in [0.15, 0.2) is 39.9 Å². The average Bonchev–Trinajstić information content (AvgIpc) is 2.69. The van der Waals surface area contributed by atoms with Gasteiger partial charge in [-0.05, 0) is 25.6 Å². The summed E-state index contributed by atoms with van der Waals surface area (Å²) in [4.78, 5) is 37.7. The summed E-state index contributed by atoms with van der Waals surface area (Å²) in [5, 5.41) is 6.49. The highest BCUT2D eigenvalue weighted by atomic mass is 16.2. The Hall–Kier alpha value is -2.87. The van der Waals surface area contributed by atoms with Gasteiger partial charge in [0.05, 0.1) is 0 Å². The molecule has 0 atom stereocenters. The zero-order valence-corrected chi connectivity index (χ0v) is 17.0. The SMILES string of the molecule is CCN(CCNc1ccccc1C(C)=O)CCNc1cc(=O)n(C)c(=O)n1C. The van der Waals surface area contributed by atoms with Crippen molar-refractivity contribution in [1.29, 1.82) is 0 Å². The van der Waals surface area contributed by atoms with Crippen LogP contribution in [0.25, 0.3) is 0 Å². The molecule has 0 aliphatic heterocycles. The number of ketones is 1. The van der Waals surface area contributed by atoms with Crippen LogP contribution in [-0.4, -0.2) is 52.5 Å². The number of hydrogen-bond acceptors (Lipinski definition) is 6. The van der Waals surface area contributed by atoms with Crippen LogP contribution in [0.3, 0.4) is 0 Å². The van der Waals surface area contributed by atoms with Gasteiger partial charge in [-0.1, -0.05) is 19.1 Å². The Balaban J connectivity index is 1.87. The summed E-state index contributed by atoms with van der Waals surface area (Å²) in [6, 6.07) is 8.92. The van der Waals surface area contributed by atoms with Crippen LogP contribution in [0, 0.1) is 0 Å². The standard InChI is InChI=1S/C20H29N5O3/c1-5-25(12-10-21-17-9-7-6-8-16(17)15(2)26)13-11-22-18-14-19(27)24(4)20(28)23(18)3/h6-9,14,21-22H,5,10-13H2,1-4H3. The molecule has 1 heterocycles. The van der Waals surface area contributed by atoms with Crippen LogP contribution >= 0.6 is 0 Å². The van der Waals surface area contributed by atoms with Gasteiger partial charge in [-0.25, -0.2) is 4.79 Å². The number of nitrogens with one attached hydrogen (secondary N) is 2. The molecule has 1 aromatic heterocycles. The first-order valence-corrected chi connectivity index (χ1v) is 9.42. The van der Waals surface area contributed by atoms with E-state index in [9.17, 15) is 14.4 Å². The maximum Gasteiger partial charge on any atom is 0.332 e. The first-order chi connectivity index (χ1) is 13.3. The van der Waals surface area contributed by atoms with Crippen LogP contribution in [0.2, 0.25) is 0 Å². The molecule has 8 heteroatoms. The summed E-state index contributed by atoms with van der Waals surface area (Å²) in [6.45, 7) is 7.40. The number of aromatic nitrogens is 2. The Morgan fingerprint density at radius 2 is 1.68 bits per heavy atom. The molecule has 2 N–H and O–H groups in total. The van der Waals surface area contributed by atoms with E-state index in [0.717, 1.165) is 29.9 Å². The predicted molar refractivity (Wildman–Crippen MR) is 112 cm³/mol. The highest BCUT2D eigenvalue weighted by Crippen LogP contribution is 2.15. The number of carbonyl (C=O) groups is 1. The number of nitrogens with zero attached hydrogens (tertiary/aromatic N) is 3. The van der Waals surface area contributed by atoms with E-state index in [1.807, 2.05) is 24.3 Å². The normalized spacial score (nSPS) is 10.9. The third-order valence-electron chi connectivity index (χ3n) is 4.76. The van der Waals surface area contributed by atoms with Crippen molar-refractivity contribution in [2.75, 3.05) is 43.4 Å². The Kier molecular flexibility index (Phi) is 7.57. The van der Waals surface area contributed by atoms with Crippen molar-refractivity contribution < 1.29 is 4.79 Å². The Bertz CT molecular complexity index is 932. The zero-order chi connectivity index (χ0) is 20.7. The number of Topliss-reactive ketones (excluding diaryl/α,β-unsaturated/α-hetero) is 1. The number of para-hydroxylation sites is 1. The molecule has 152 valence electrons. The molecule has 0 fully saturated rings. The summed E-state index contributed by atoms with van der Waals surface area (Å²) in [6.07, 6.45) is 0. The molecule has 0 bridgehead atoms. The van der Waals surface area contributed by atoms with Gasteiger partial charge in [-0.2, -0.15) is 0 Å². The first kappa shape index (κ1) is 21.4. The van der Waals surface area contributed by atoms with Crippen molar-refractivity contribution >= 4 is 17.3 Å². The maximum atomic E-state index is 12.0. The lowest BCUT2D eigenvalue weighted by molar-refractivity contribution is 0.101. The Morgan fingerprint density at radius 1 is 1.04 bits per heavy atom. The molecule has 8 nitrogen and oxygen atoms in total. The van der Waals surface area contributed by atoms with E-state index < -0.39 is 0 Å². The highest BCUT2D eigenvalue weighted by molar-refractivity contribution is 5.99. The van der Waals surface area contributed by atoms with Crippen LogP contribution in [0.1, 0.15) is 24.2 Å². The van der Waals surface area contributed by atoms with Crippen LogP contribution in [0.4, 0.5) is 11.5 Å². The number of anilines is 2. The topological polar surface area (TPSA) is 88.4 Å². The third-order valence-corrected chi connectivity index (χ3v) is 4.76. The Labute approximate surface area is 164 Å². The molecule has 0 spiro atoms. The van der Waals surface area contributed by atoms with Gasteiger partial charge in [0.2, 0.25) is 0 Å². The lowest BCUT2D eigenvalue weighted by Crippen LogP contribution is -2.38. The molecule has 2 rings (SSSR count). The summed E-state index contributed by atoms with van der Waals surface area (Å²) >= 11 is 0. The number of carbonyl (C=O) groups excluding carboxylic acids is 1. The highest BCUT2D eigenvalue weighted by Gasteiger charge is 2.08. The quantitative estimate of drug-likeness (QED) is 0.594. The second-order valence-corrected chi connectivity index (χ2v) is 6.66. The summed E-state index contributed by atoms with van der Waals surface area (Å²) in [5.74, 6) is 0.553. The van der Waals surface area contributed by atoms with Crippen molar-refractivity contribution in [2.45, 2.75) is 13.8 Å². The smallest absolute Gasteiger partial charge is 0.332 e. The minimum Gasteiger partial charge on any atom is -0.383 e. The summed E-state index contributed by atoms with van der Waals surface area (Å²) < 4.78 is 2.51. The molecular formula is C20H29N5O3. The fourth-order valence-electron chi connectivity index (χ4n) is 2.97. The largest absolute Gasteiger partial charge is 0.383 e. The molecule has 0 saturated heterocycles. The van der Waals surface area contributed by atoms with Gasteiger partial charge in [0.15, 0.2) is 5.78 Å². The summed E-state index contributed by atoms with van der Waals surface area (Å²) in [7, 11) is 3.10. The molecule has 0 amide bonds. The zero-order valence-electron chi connectivity index (χ0n) is 17.0. The molecule has 0 saturated carbocycles. The molecule has 1 aromatic carbocycles. The van der Waals surface area contributed by atoms with Crippen LogP contribution in [0.5, 0.6) is 0 Å². The molecule has 0 radical (unpaired) electrons. The van der Waals surface area contributed by atoms with Gasteiger partial charge in [0.1, 0.15) is 5.82 Å². The van der Waals surface area contributed by atoms with E-state index in [2.05, 4.69) is 22.5 Å². The lowest BCUT2D eigenvalue weighted by atomic mass is 10.1. The van der Waals surface area contributed by atoms with E-state index in [0.29, 0.717) is 24.5 Å². The van der Waals surface area contributed by atoms with Crippen molar-refractivity contribution in [3.05, 3.63) is 56.7 Å². The Morgan fingerprint density at radius 3 is 2.32 bits per heavy atom. The third kappa shape index (κ3) is 5.32. The lowest BCUT2D eigenvalue weighted by Gasteiger charge is -2.22. The number of hydrogen-bond donors (Lipinski definition) is 2. The maximum absolute atomic E-state index is 12.0. The van der Waals surface area contributed by atoms with Crippen molar-refractivity contribution in [1.82, 2.24) is 14.0 Å². The molecule has 0 unspecified atom stereocenters. The average molecular weight is 387 g/mol. The fourth-order valence-corrected chi connectivity index (χ4v) is 2.97.